The fraction of sp³-hybridized carbons (Fsp3) is 0.750. The highest BCUT2D eigenvalue weighted by molar-refractivity contribution is 7.99. The van der Waals surface area contributed by atoms with Gasteiger partial charge in [0.1, 0.15) is 22.8 Å². The minimum absolute atomic E-state index is 0.0374. The maximum atomic E-state index is 14.2. The first-order valence-corrected chi connectivity index (χ1v) is 14.9. The lowest BCUT2D eigenvalue weighted by Crippen LogP contribution is -2.56. The Hall–Kier alpha value is -2.56. The standard InChI is InChI=1S/C28H47N5O5S/c1-10-39-12-11-29-22-21(14-30-25(31-22)27(4,5)6)23(34)33(15-18(2)3)20-13-19(24(35)36)16-32(17-20)26(37)38-28(7,8)9/h14,18-20H,10-13,15-17H2,1-9H3,(H,35,36)(H,29,30,31)/t19-,20+/m1/s1. The molecule has 220 valence electrons. The third-order valence-corrected chi connectivity index (χ3v) is 7.03. The van der Waals surface area contributed by atoms with Crippen LogP contribution in [0.3, 0.4) is 0 Å². The quantitative estimate of drug-likeness (QED) is 0.387. The van der Waals surface area contributed by atoms with Crippen LogP contribution in [-0.2, 0) is 14.9 Å². The molecule has 1 aliphatic heterocycles. The van der Waals surface area contributed by atoms with Gasteiger partial charge < -0.3 is 25.0 Å². The van der Waals surface area contributed by atoms with Crippen molar-refractivity contribution in [2.24, 2.45) is 11.8 Å². The third kappa shape index (κ3) is 9.85. The third-order valence-electron chi connectivity index (χ3n) is 6.13. The molecule has 0 spiro atoms. The Labute approximate surface area is 237 Å². The molecule has 2 heterocycles. The Bertz CT molecular complexity index is 1010. The van der Waals surface area contributed by atoms with Crippen LogP contribution >= 0.6 is 11.8 Å². The van der Waals surface area contributed by atoms with Crippen LogP contribution in [0, 0.1) is 11.8 Å². The number of carbonyl (C=O) groups is 3. The Balaban J connectivity index is 2.47. The number of likely N-dealkylation sites (tertiary alicyclic amines) is 1. The second-order valence-electron chi connectivity index (χ2n) is 12.5. The van der Waals surface area contributed by atoms with Gasteiger partial charge in [-0.3, -0.25) is 9.59 Å². The molecular weight excluding hydrogens is 518 g/mol. The van der Waals surface area contributed by atoms with Crippen LogP contribution in [0.5, 0.6) is 0 Å². The summed E-state index contributed by atoms with van der Waals surface area (Å²) < 4.78 is 5.55. The summed E-state index contributed by atoms with van der Waals surface area (Å²) in [6.07, 6.45) is 1.23. The lowest BCUT2D eigenvalue weighted by atomic mass is 9.92. The molecule has 2 N–H and O–H groups in total. The Morgan fingerprint density at radius 2 is 1.87 bits per heavy atom. The second-order valence-corrected chi connectivity index (χ2v) is 13.9. The van der Waals surface area contributed by atoms with E-state index >= 15 is 0 Å². The van der Waals surface area contributed by atoms with Crippen LogP contribution < -0.4 is 5.32 Å². The molecule has 2 amide bonds. The van der Waals surface area contributed by atoms with Crippen LogP contribution in [0.4, 0.5) is 10.6 Å². The van der Waals surface area contributed by atoms with E-state index in [1.807, 2.05) is 34.6 Å². The van der Waals surface area contributed by atoms with E-state index in [9.17, 15) is 19.5 Å². The maximum Gasteiger partial charge on any atom is 0.410 e. The number of carboxylic acids is 1. The number of hydrogen-bond donors (Lipinski definition) is 2. The van der Waals surface area contributed by atoms with Gasteiger partial charge >= 0.3 is 12.1 Å². The number of hydrogen-bond acceptors (Lipinski definition) is 8. The SMILES string of the molecule is CCSCCNc1nc(C(C)(C)C)ncc1C(=O)N(CC(C)C)[C@H]1C[C@@H](C(=O)O)CN(C(=O)OC(C)(C)C)C1. The lowest BCUT2D eigenvalue weighted by Gasteiger charge is -2.42. The second kappa shape index (κ2) is 13.7. The molecule has 0 bridgehead atoms. The Morgan fingerprint density at radius 3 is 2.41 bits per heavy atom. The van der Waals surface area contributed by atoms with Gasteiger partial charge in [-0.2, -0.15) is 11.8 Å². The van der Waals surface area contributed by atoms with Crippen molar-refractivity contribution in [2.75, 3.05) is 43.0 Å². The normalized spacial score (nSPS) is 18.2. The highest BCUT2D eigenvalue weighted by Gasteiger charge is 2.40. The lowest BCUT2D eigenvalue weighted by molar-refractivity contribution is -0.144. The predicted octanol–water partition coefficient (Wildman–Crippen LogP) is 4.75. The highest BCUT2D eigenvalue weighted by Crippen LogP contribution is 2.28. The van der Waals surface area contributed by atoms with Gasteiger partial charge in [0, 0.05) is 43.5 Å². The Kier molecular flexibility index (Phi) is 11.4. The molecule has 10 nitrogen and oxygen atoms in total. The molecule has 2 atom stereocenters. The zero-order chi connectivity index (χ0) is 29.5. The van der Waals surface area contributed by atoms with Crippen molar-refractivity contribution in [2.45, 2.75) is 85.8 Å². The molecule has 1 saturated heterocycles. The van der Waals surface area contributed by atoms with Crippen LogP contribution in [0.2, 0.25) is 0 Å². The Morgan fingerprint density at radius 1 is 1.21 bits per heavy atom. The molecule has 39 heavy (non-hydrogen) atoms. The predicted molar refractivity (Wildman–Crippen MR) is 155 cm³/mol. The fourth-order valence-electron chi connectivity index (χ4n) is 4.32. The summed E-state index contributed by atoms with van der Waals surface area (Å²) in [5, 5.41) is 13.2. The van der Waals surface area contributed by atoms with Crippen LogP contribution in [-0.4, -0.2) is 92.2 Å². The van der Waals surface area contributed by atoms with E-state index in [2.05, 4.69) is 17.2 Å². The molecule has 0 aromatic carbocycles. The largest absolute Gasteiger partial charge is 0.481 e. The maximum absolute atomic E-state index is 14.2. The summed E-state index contributed by atoms with van der Waals surface area (Å²) in [6, 6.07) is -0.506. The molecule has 1 aromatic rings. The van der Waals surface area contributed by atoms with Crippen molar-refractivity contribution < 1.29 is 24.2 Å². The van der Waals surface area contributed by atoms with Crippen molar-refractivity contribution in [1.82, 2.24) is 19.8 Å². The first-order chi connectivity index (χ1) is 18.0. The van der Waals surface area contributed by atoms with Gasteiger partial charge in [0.05, 0.1) is 12.0 Å². The van der Waals surface area contributed by atoms with E-state index in [0.29, 0.717) is 30.3 Å². The highest BCUT2D eigenvalue weighted by atomic mass is 32.2. The number of carbonyl (C=O) groups excluding carboxylic acids is 2. The van der Waals surface area contributed by atoms with Crippen LogP contribution in [0.1, 0.15) is 84.9 Å². The molecule has 1 fully saturated rings. The van der Waals surface area contributed by atoms with Gasteiger partial charge in [-0.05, 0) is 38.9 Å². The molecule has 11 heteroatoms. The van der Waals surface area contributed by atoms with Crippen molar-refractivity contribution in [3.63, 3.8) is 0 Å². The number of nitrogens with one attached hydrogen (secondary N) is 1. The summed E-state index contributed by atoms with van der Waals surface area (Å²) in [6.45, 7) is 18.7. The van der Waals surface area contributed by atoms with Gasteiger partial charge in [-0.25, -0.2) is 14.8 Å². The molecule has 1 aliphatic rings. The van der Waals surface area contributed by atoms with E-state index in [4.69, 9.17) is 9.72 Å². The van der Waals surface area contributed by atoms with Gasteiger partial charge in [0.15, 0.2) is 0 Å². The number of aliphatic carboxylic acids is 1. The van der Waals surface area contributed by atoms with Crippen LogP contribution in [0.15, 0.2) is 6.20 Å². The van der Waals surface area contributed by atoms with E-state index in [-0.39, 0.29) is 36.8 Å². The van der Waals surface area contributed by atoms with E-state index in [1.54, 1.807) is 43.6 Å². The number of thioether (sulfide) groups is 1. The minimum atomic E-state index is -1.00. The first kappa shape index (κ1) is 32.7. The molecule has 2 rings (SSSR count). The van der Waals surface area contributed by atoms with Gasteiger partial charge in [-0.15, -0.1) is 0 Å². The number of carboxylic acid groups (broad SMARTS) is 1. The van der Waals surface area contributed by atoms with Gasteiger partial charge in [0.2, 0.25) is 0 Å². The summed E-state index contributed by atoms with van der Waals surface area (Å²) in [5.41, 5.74) is -0.690. The number of amides is 2. The molecule has 0 unspecified atom stereocenters. The molecule has 1 aromatic heterocycles. The van der Waals surface area contributed by atoms with E-state index in [0.717, 1.165) is 11.5 Å². The van der Waals surface area contributed by atoms with Crippen LogP contribution in [0.25, 0.3) is 0 Å². The zero-order valence-electron chi connectivity index (χ0n) is 25.0. The number of anilines is 1. The summed E-state index contributed by atoms with van der Waals surface area (Å²) >= 11 is 1.79. The van der Waals surface area contributed by atoms with Gasteiger partial charge in [0.25, 0.3) is 5.91 Å². The average molecular weight is 566 g/mol. The number of nitrogens with zero attached hydrogens (tertiary/aromatic N) is 4. The topological polar surface area (TPSA) is 125 Å². The smallest absolute Gasteiger partial charge is 0.410 e. The number of ether oxygens (including phenoxy) is 1. The molecular formula is C28H47N5O5S. The molecule has 0 saturated carbocycles. The van der Waals surface area contributed by atoms with Crippen molar-refractivity contribution in [3.8, 4) is 0 Å². The van der Waals surface area contributed by atoms with E-state index in [1.165, 1.54) is 4.90 Å². The number of aromatic nitrogens is 2. The summed E-state index contributed by atoms with van der Waals surface area (Å²) in [5.74, 6) is 0.965. The van der Waals surface area contributed by atoms with Crippen molar-refractivity contribution in [1.29, 1.82) is 0 Å². The van der Waals surface area contributed by atoms with Crippen molar-refractivity contribution in [3.05, 3.63) is 17.6 Å². The zero-order valence-corrected chi connectivity index (χ0v) is 25.9. The van der Waals surface area contributed by atoms with E-state index < -0.39 is 29.6 Å². The average Bonchev–Trinajstić information content (AvgIpc) is 2.82. The number of piperidine rings is 1. The summed E-state index contributed by atoms with van der Waals surface area (Å²) in [4.78, 5) is 51.6. The summed E-state index contributed by atoms with van der Waals surface area (Å²) in [7, 11) is 0. The monoisotopic (exact) mass is 565 g/mol. The molecule has 0 aliphatic carbocycles. The fourth-order valence-corrected chi connectivity index (χ4v) is 4.85. The minimum Gasteiger partial charge on any atom is -0.481 e. The van der Waals surface area contributed by atoms with Crippen molar-refractivity contribution >= 4 is 35.5 Å². The van der Waals surface area contributed by atoms with Gasteiger partial charge in [-0.1, -0.05) is 41.5 Å². The molecule has 0 radical (unpaired) electrons. The number of rotatable bonds is 10. The first-order valence-electron chi connectivity index (χ1n) is 13.7.